The summed E-state index contributed by atoms with van der Waals surface area (Å²) in [7, 11) is 0. The summed E-state index contributed by atoms with van der Waals surface area (Å²) in [6.45, 7) is 6.20. The normalized spacial score (nSPS) is 16.0. The second kappa shape index (κ2) is 9.67. The van der Waals surface area contributed by atoms with Gasteiger partial charge in [-0.25, -0.2) is 13.8 Å². The molecule has 0 aromatic rings. The van der Waals surface area contributed by atoms with Crippen LogP contribution in [0, 0.1) is 5.92 Å². The first-order chi connectivity index (χ1) is 10.5. The van der Waals surface area contributed by atoms with Crippen molar-refractivity contribution in [2.24, 2.45) is 10.9 Å². The summed E-state index contributed by atoms with van der Waals surface area (Å²) in [5.41, 5.74) is -0.805. The summed E-state index contributed by atoms with van der Waals surface area (Å²) < 4.78 is 63.8. The Hall–Kier alpha value is -1.40. The molecule has 1 N–H and O–H groups in total. The molecule has 0 aromatic carbocycles. The fraction of sp³-hybridized carbons (Fsp3) is 0.688. The first-order valence-corrected chi connectivity index (χ1v) is 7.59. The lowest BCUT2D eigenvalue weighted by Gasteiger charge is -2.17. The van der Waals surface area contributed by atoms with Crippen LogP contribution in [-0.4, -0.2) is 24.9 Å². The van der Waals surface area contributed by atoms with Crippen molar-refractivity contribution in [2.45, 2.75) is 59.1 Å². The molecule has 0 bridgehead atoms. The van der Waals surface area contributed by atoms with Crippen LogP contribution in [0.15, 0.2) is 28.5 Å². The Kier molecular flexibility index (Phi) is 9.09. The van der Waals surface area contributed by atoms with Crippen molar-refractivity contribution in [3.63, 3.8) is 0 Å². The lowest BCUT2D eigenvalue weighted by molar-refractivity contribution is -0.0858. The van der Waals surface area contributed by atoms with Crippen LogP contribution in [0.3, 0.4) is 0 Å². The number of hydrogen-bond acceptors (Lipinski definition) is 2. The molecule has 0 rings (SSSR count). The molecule has 0 spiro atoms. The van der Waals surface area contributed by atoms with E-state index in [0.29, 0.717) is 13.0 Å². The van der Waals surface area contributed by atoms with E-state index in [-0.39, 0.29) is 24.6 Å². The molecule has 0 amide bonds. The maximum Gasteiger partial charge on any atom is 0.417 e. The monoisotopic (exact) mass is 340 g/mol. The van der Waals surface area contributed by atoms with E-state index in [1.54, 1.807) is 20.8 Å². The van der Waals surface area contributed by atoms with Gasteiger partial charge in [-0.1, -0.05) is 19.9 Å². The molecule has 1 atom stereocenters. The van der Waals surface area contributed by atoms with Gasteiger partial charge in [0.15, 0.2) is 0 Å². The van der Waals surface area contributed by atoms with Gasteiger partial charge in [-0.05, 0) is 38.7 Å². The third-order valence-electron chi connectivity index (χ3n) is 3.02. The maximum absolute atomic E-state index is 12.9. The molecule has 0 fully saturated rings. The highest BCUT2D eigenvalue weighted by atomic mass is 19.4. The molecule has 2 nitrogen and oxygen atoms in total. The van der Waals surface area contributed by atoms with Gasteiger partial charge in [-0.3, -0.25) is 0 Å². The van der Waals surface area contributed by atoms with Gasteiger partial charge in [0.25, 0.3) is 0 Å². The van der Waals surface area contributed by atoms with Gasteiger partial charge in [0.2, 0.25) is 5.92 Å². The van der Waals surface area contributed by atoms with E-state index in [1.165, 1.54) is 6.08 Å². The first kappa shape index (κ1) is 21.6. The van der Waals surface area contributed by atoms with Crippen LogP contribution >= 0.6 is 0 Å². The maximum atomic E-state index is 12.9. The SMILES string of the molecule is C\C=C(/N=C\C(=C/CC)C(F)(F)F)NCCC(C)CC(C)(F)F. The van der Waals surface area contributed by atoms with Crippen molar-refractivity contribution in [2.75, 3.05) is 6.54 Å². The lowest BCUT2D eigenvalue weighted by atomic mass is 10.0. The third-order valence-corrected chi connectivity index (χ3v) is 3.02. The van der Waals surface area contributed by atoms with E-state index in [1.807, 2.05) is 0 Å². The predicted molar refractivity (Wildman–Crippen MR) is 83.7 cm³/mol. The van der Waals surface area contributed by atoms with E-state index in [4.69, 9.17) is 0 Å². The Labute approximate surface area is 134 Å². The second-order valence-electron chi connectivity index (χ2n) is 5.59. The Morgan fingerprint density at radius 2 is 1.83 bits per heavy atom. The van der Waals surface area contributed by atoms with Crippen LogP contribution < -0.4 is 5.32 Å². The average molecular weight is 340 g/mol. The second-order valence-corrected chi connectivity index (χ2v) is 5.59. The molecule has 0 aliphatic carbocycles. The fourth-order valence-electron chi connectivity index (χ4n) is 1.98. The number of nitrogens with one attached hydrogen (secondary N) is 1. The minimum absolute atomic E-state index is 0.199. The minimum atomic E-state index is -4.44. The van der Waals surface area contributed by atoms with Crippen molar-refractivity contribution in [3.8, 4) is 0 Å². The zero-order valence-electron chi connectivity index (χ0n) is 14.0. The standard InChI is InChI=1S/C16H25F5N2/c1-5-7-13(16(19,20)21)11-23-14(6-2)22-9-8-12(3)10-15(4,17)18/h6-7,11-12,22H,5,8-10H2,1-4H3/b13-7+,14-6-,23-11-. The molecule has 7 heteroatoms. The van der Waals surface area contributed by atoms with Gasteiger partial charge in [-0.2, -0.15) is 13.2 Å². The van der Waals surface area contributed by atoms with Crippen LogP contribution in [-0.2, 0) is 0 Å². The van der Waals surface area contributed by atoms with Gasteiger partial charge in [0.05, 0.1) is 5.57 Å². The van der Waals surface area contributed by atoms with E-state index in [0.717, 1.165) is 19.2 Å². The van der Waals surface area contributed by atoms with E-state index < -0.39 is 17.7 Å². The summed E-state index contributed by atoms with van der Waals surface area (Å²) in [6.07, 6.45) is -0.567. The van der Waals surface area contributed by atoms with E-state index in [2.05, 4.69) is 10.3 Å². The molecule has 0 saturated heterocycles. The van der Waals surface area contributed by atoms with Crippen molar-refractivity contribution >= 4 is 6.21 Å². The fourth-order valence-corrected chi connectivity index (χ4v) is 1.98. The summed E-state index contributed by atoms with van der Waals surface area (Å²) >= 11 is 0. The van der Waals surface area contributed by atoms with Gasteiger partial charge in [0, 0.05) is 19.2 Å². The molecule has 0 aromatic heterocycles. The Morgan fingerprint density at radius 1 is 1.22 bits per heavy atom. The first-order valence-electron chi connectivity index (χ1n) is 7.59. The van der Waals surface area contributed by atoms with Gasteiger partial charge in [0.1, 0.15) is 5.82 Å². The summed E-state index contributed by atoms with van der Waals surface area (Å²) in [4.78, 5) is 3.79. The van der Waals surface area contributed by atoms with E-state index >= 15 is 0 Å². The smallest absolute Gasteiger partial charge is 0.370 e. The molecule has 0 radical (unpaired) electrons. The number of allylic oxidation sites excluding steroid dienone is 3. The largest absolute Gasteiger partial charge is 0.417 e. The van der Waals surface area contributed by atoms with Crippen LogP contribution in [0.4, 0.5) is 22.0 Å². The summed E-state index contributed by atoms with van der Waals surface area (Å²) in [5.74, 6) is -2.63. The van der Waals surface area contributed by atoms with Gasteiger partial charge < -0.3 is 5.32 Å². The van der Waals surface area contributed by atoms with Crippen molar-refractivity contribution in [1.29, 1.82) is 0 Å². The number of hydrogen-bond donors (Lipinski definition) is 1. The van der Waals surface area contributed by atoms with Crippen molar-refractivity contribution in [3.05, 3.63) is 23.5 Å². The Bertz CT molecular complexity index is 431. The molecular formula is C16H25F5N2. The van der Waals surface area contributed by atoms with Crippen LogP contribution in [0.5, 0.6) is 0 Å². The van der Waals surface area contributed by atoms with Gasteiger partial charge in [-0.15, -0.1) is 0 Å². The zero-order valence-corrected chi connectivity index (χ0v) is 14.0. The average Bonchev–Trinajstić information content (AvgIpc) is 2.37. The number of halogens is 5. The molecular weight excluding hydrogens is 315 g/mol. The molecule has 0 aliphatic heterocycles. The number of rotatable bonds is 9. The van der Waals surface area contributed by atoms with Crippen molar-refractivity contribution in [1.82, 2.24) is 5.32 Å². The van der Waals surface area contributed by atoms with E-state index in [9.17, 15) is 22.0 Å². The quantitative estimate of drug-likeness (QED) is 0.436. The third kappa shape index (κ3) is 10.9. The highest BCUT2D eigenvalue weighted by Crippen LogP contribution is 2.25. The minimum Gasteiger partial charge on any atom is -0.370 e. The molecule has 0 saturated carbocycles. The summed E-state index contributed by atoms with van der Waals surface area (Å²) in [6, 6.07) is 0. The Morgan fingerprint density at radius 3 is 2.26 bits per heavy atom. The summed E-state index contributed by atoms with van der Waals surface area (Å²) in [5, 5.41) is 2.86. The predicted octanol–water partition coefficient (Wildman–Crippen LogP) is 5.48. The number of nitrogens with zero attached hydrogens (tertiary/aromatic N) is 1. The zero-order chi connectivity index (χ0) is 18.1. The number of alkyl halides is 5. The number of aliphatic imine (C=N–C) groups is 1. The highest BCUT2D eigenvalue weighted by molar-refractivity contribution is 5.80. The topological polar surface area (TPSA) is 24.4 Å². The van der Waals surface area contributed by atoms with Gasteiger partial charge >= 0.3 is 6.18 Å². The van der Waals surface area contributed by atoms with Crippen LogP contribution in [0.1, 0.15) is 47.0 Å². The molecule has 0 heterocycles. The molecule has 134 valence electrons. The lowest BCUT2D eigenvalue weighted by Crippen LogP contribution is -2.20. The van der Waals surface area contributed by atoms with Crippen LogP contribution in [0.25, 0.3) is 0 Å². The van der Waals surface area contributed by atoms with Crippen LogP contribution in [0.2, 0.25) is 0 Å². The Balaban J connectivity index is 4.53. The molecule has 0 aliphatic rings. The van der Waals surface area contributed by atoms with Crippen molar-refractivity contribution < 1.29 is 22.0 Å². The highest BCUT2D eigenvalue weighted by Gasteiger charge is 2.31. The molecule has 1 unspecified atom stereocenters. The molecule has 23 heavy (non-hydrogen) atoms.